The molecular weight excluding hydrogens is 414 g/mol. The fourth-order valence-electron chi connectivity index (χ4n) is 3.76. The fourth-order valence-corrected chi connectivity index (χ4v) is 4.94. The molecule has 0 spiro atoms. The second kappa shape index (κ2) is 10.6. The van der Waals surface area contributed by atoms with Gasteiger partial charge in [-0.2, -0.15) is 0 Å². The number of ether oxygens (including phenoxy) is 1. The van der Waals surface area contributed by atoms with Gasteiger partial charge in [-0.3, -0.25) is 9.10 Å². The van der Waals surface area contributed by atoms with E-state index in [0.29, 0.717) is 23.7 Å². The smallest absolute Gasteiger partial charge is 0.243 e. The Bertz CT molecular complexity index is 943. The van der Waals surface area contributed by atoms with E-state index in [9.17, 15) is 13.2 Å². The highest BCUT2D eigenvalue weighted by molar-refractivity contribution is 7.92. The van der Waals surface area contributed by atoms with E-state index in [1.54, 1.807) is 31.2 Å². The largest absolute Gasteiger partial charge is 0.457 e. The van der Waals surface area contributed by atoms with Crippen LogP contribution in [0, 0.1) is 0 Å². The summed E-state index contributed by atoms with van der Waals surface area (Å²) in [5, 5.41) is 2.88. The minimum Gasteiger partial charge on any atom is -0.457 e. The number of nitrogens with one attached hydrogen (secondary N) is 1. The number of nitrogens with zero attached hydrogens (tertiary/aromatic N) is 2. The summed E-state index contributed by atoms with van der Waals surface area (Å²) in [7, 11) is -3.65. The third-order valence-corrected chi connectivity index (χ3v) is 6.55. The van der Waals surface area contributed by atoms with Gasteiger partial charge >= 0.3 is 0 Å². The molecule has 2 aromatic rings. The van der Waals surface area contributed by atoms with Crippen LogP contribution in [0.2, 0.25) is 0 Å². The van der Waals surface area contributed by atoms with Crippen molar-refractivity contribution in [3.63, 3.8) is 0 Å². The Morgan fingerprint density at radius 2 is 1.68 bits per heavy atom. The zero-order chi connectivity index (χ0) is 22.3. The number of hydrogen-bond donors (Lipinski definition) is 1. The van der Waals surface area contributed by atoms with Crippen LogP contribution in [-0.2, 0) is 14.8 Å². The molecular formula is C23H31N3O4S. The number of rotatable bonds is 10. The number of amides is 1. The molecule has 0 bridgehead atoms. The molecule has 0 unspecified atom stereocenters. The molecule has 1 aliphatic rings. The molecule has 0 aliphatic carbocycles. The van der Waals surface area contributed by atoms with Crippen molar-refractivity contribution in [1.29, 1.82) is 0 Å². The van der Waals surface area contributed by atoms with Crippen LogP contribution in [0.25, 0.3) is 0 Å². The highest BCUT2D eigenvalue weighted by Crippen LogP contribution is 2.26. The van der Waals surface area contributed by atoms with Crippen LogP contribution in [0.3, 0.4) is 0 Å². The lowest BCUT2D eigenvalue weighted by molar-refractivity contribution is -0.121. The quantitative estimate of drug-likeness (QED) is 0.568. The number of carbonyl (C=O) groups excluding carboxylic acids is 1. The third-order valence-electron chi connectivity index (χ3n) is 5.31. The zero-order valence-electron chi connectivity index (χ0n) is 18.2. The van der Waals surface area contributed by atoms with E-state index in [4.69, 9.17) is 4.74 Å². The van der Waals surface area contributed by atoms with E-state index in [1.165, 1.54) is 12.8 Å². The van der Waals surface area contributed by atoms with Crippen molar-refractivity contribution in [2.24, 2.45) is 0 Å². The topological polar surface area (TPSA) is 79.0 Å². The predicted molar refractivity (Wildman–Crippen MR) is 123 cm³/mol. The standard InChI is InChI=1S/C23H31N3O4S/c1-19(23(27)24-15-8-18-25-16-6-7-17-25)26(31(2,28)29)20-11-13-22(14-12-20)30-21-9-4-3-5-10-21/h3-5,9-14,19H,6-8,15-18H2,1-2H3,(H,24,27)/t19-/m1/s1. The number of anilines is 1. The molecule has 0 radical (unpaired) electrons. The molecule has 1 atom stereocenters. The summed E-state index contributed by atoms with van der Waals surface area (Å²) in [6.45, 7) is 5.33. The van der Waals surface area contributed by atoms with E-state index >= 15 is 0 Å². The first-order valence-electron chi connectivity index (χ1n) is 10.7. The van der Waals surface area contributed by atoms with Gasteiger partial charge in [0.25, 0.3) is 0 Å². The normalized spacial score (nSPS) is 15.4. The Hall–Kier alpha value is -2.58. The molecule has 1 heterocycles. The van der Waals surface area contributed by atoms with Crippen LogP contribution < -0.4 is 14.4 Å². The second-order valence-corrected chi connectivity index (χ2v) is 9.70. The molecule has 1 fully saturated rings. The Kier molecular flexibility index (Phi) is 7.92. The molecule has 31 heavy (non-hydrogen) atoms. The third kappa shape index (κ3) is 6.70. The second-order valence-electron chi connectivity index (χ2n) is 7.84. The van der Waals surface area contributed by atoms with Crippen molar-refractivity contribution in [3.8, 4) is 11.5 Å². The molecule has 7 nitrogen and oxygen atoms in total. The zero-order valence-corrected chi connectivity index (χ0v) is 19.0. The van der Waals surface area contributed by atoms with Crippen molar-refractivity contribution in [2.75, 3.05) is 36.7 Å². The van der Waals surface area contributed by atoms with Gasteiger partial charge in [-0.15, -0.1) is 0 Å². The van der Waals surface area contributed by atoms with Gasteiger partial charge in [0.15, 0.2) is 0 Å². The number of hydrogen-bond acceptors (Lipinski definition) is 5. The van der Waals surface area contributed by atoms with Crippen molar-refractivity contribution >= 4 is 21.6 Å². The number of sulfonamides is 1. The Balaban J connectivity index is 1.61. The maximum absolute atomic E-state index is 12.7. The maximum atomic E-state index is 12.7. The van der Waals surface area contributed by atoms with Crippen LogP contribution in [0.1, 0.15) is 26.2 Å². The summed E-state index contributed by atoms with van der Waals surface area (Å²) in [4.78, 5) is 15.0. The molecule has 1 saturated heterocycles. The lowest BCUT2D eigenvalue weighted by atomic mass is 10.2. The van der Waals surface area contributed by atoms with Crippen molar-refractivity contribution in [1.82, 2.24) is 10.2 Å². The van der Waals surface area contributed by atoms with E-state index in [-0.39, 0.29) is 5.91 Å². The molecule has 0 aromatic heterocycles. The Morgan fingerprint density at radius 1 is 1.06 bits per heavy atom. The lowest BCUT2D eigenvalue weighted by Gasteiger charge is -2.28. The summed E-state index contributed by atoms with van der Waals surface area (Å²) in [5.41, 5.74) is 0.419. The van der Waals surface area contributed by atoms with Crippen LogP contribution in [-0.4, -0.2) is 57.7 Å². The number of likely N-dealkylation sites (tertiary alicyclic amines) is 1. The van der Waals surface area contributed by atoms with E-state index in [1.807, 2.05) is 30.3 Å². The highest BCUT2D eigenvalue weighted by atomic mass is 32.2. The van der Waals surface area contributed by atoms with Crippen LogP contribution in [0.5, 0.6) is 11.5 Å². The maximum Gasteiger partial charge on any atom is 0.243 e. The van der Waals surface area contributed by atoms with Gasteiger partial charge < -0.3 is 15.0 Å². The van der Waals surface area contributed by atoms with Gasteiger partial charge in [-0.05, 0) is 82.2 Å². The summed E-state index contributed by atoms with van der Waals surface area (Å²) in [6.07, 6.45) is 4.44. The average Bonchev–Trinajstić information content (AvgIpc) is 3.26. The molecule has 0 saturated carbocycles. The van der Waals surface area contributed by atoms with Gasteiger partial charge in [0.2, 0.25) is 15.9 Å². The van der Waals surface area contributed by atoms with Crippen LogP contribution >= 0.6 is 0 Å². The van der Waals surface area contributed by atoms with Gasteiger partial charge in [-0.1, -0.05) is 18.2 Å². The average molecular weight is 446 g/mol. The van der Waals surface area contributed by atoms with E-state index < -0.39 is 16.1 Å². The van der Waals surface area contributed by atoms with Gasteiger partial charge in [-0.25, -0.2) is 8.42 Å². The first-order valence-corrected chi connectivity index (χ1v) is 12.5. The minimum atomic E-state index is -3.65. The summed E-state index contributed by atoms with van der Waals surface area (Å²) in [5.74, 6) is 0.968. The first kappa shape index (κ1) is 23.1. The number of carbonyl (C=O) groups is 1. The number of benzene rings is 2. The molecule has 168 valence electrons. The Labute approximate surface area is 185 Å². The predicted octanol–water partition coefficient (Wildman–Crippen LogP) is 3.24. The van der Waals surface area contributed by atoms with Gasteiger partial charge in [0.1, 0.15) is 17.5 Å². The van der Waals surface area contributed by atoms with Crippen molar-refractivity contribution in [2.45, 2.75) is 32.2 Å². The monoisotopic (exact) mass is 445 g/mol. The van der Waals surface area contributed by atoms with Crippen LogP contribution in [0.4, 0.5) is 5.69 Å². The summed E-state index contributed by atoms with van der Waals surface area (Å²) >= 11 is 0. The minimum absolute atomic E-state index is 0.309. The molecule has 2 aromatic carbocycles. The van der Waals surface area contributed by atoms with Crippen molar-refractivity contribution < 1.29 is 17.9 Å². The fraction of sp³-hybridized carbons (Fsp3) is 0.435. The van der Waals surface area contributed by atoms with Gasteiger partial charge in [0, 0.05) is 6.54 Å². The highest BCUT2D eigenvalue weighted by Gasteiger charge is 2.29. The first-order chi connectivity index (χ1) is 14.8. The van der Waals surface area contributed by atoms with Gasteiger partial charge in [0.05, 0.1) is 11.9 Å². The summed E-state index contributed by atoms with van der Waals surface area (Å²) in [6, 6.07) is 15.2. The molecule has 3 rings (SSSR count). The Morgan fingerprint density at radius 3 is 2.29 bits per heavy atom. The SMILES string of the molecule is C[C@H](C(=O)NCCCN1CCCC1)N(c1ccc(Oc2ccccc2)cc1)S(C)(=O)=O. The molecule has 1 aliphatic heterocycles. The lowest BCUT2D eigenvalue weighted by Crippen LogP contribution is -2.48. The number of para-hydroxylation sites is 1. The summed E-state index contributed by atoms with van der Waals surface area (Å²) < 4.78 is 31.8. The molecule has 8 heteroatoms. The molecule has 1 N–H and O–H groups in total. The van der Waals surface area contributed by atoms with Crippen molar-refractivity contribution in [3.05, 3.63) is 54.6 Å². The van der Waals surface area contributed by atoms with Crippen LogP contribution in [0.15, 0.2) is 54.6 Å². The van der Waals surface area contributed by atoms with E-state index in [2.05, 4.69) is 10.2 Å². The molecule has 1 amide bonds. The van der Waals surface area contributed by atoms with E-state index in [0.717, 1.165) is 36.6 Å².